The van der Waals surface area contributed by atoms with Gasteiger partial charge in [-0.05, 0) is 0 Å². The number of rotatable bonds is 6. The number of aryl methyl sites for hydroxylation is 1. The van der Waals surface area contributed by atoms with Gasteiger partial charge in [-0.15, -0.1) is 0 Å². The Morgan fingerprint density at radius 3 is 2.26 bits per heavy atom. The van der Waals surface area contributed by atoms with Crippen LogP contribution in [-0.4, -0.2) is 44.0 Å². The third-order valence-electron chi connectivity index (χ3n) is 2.37. The summed E-state index contributed by atoms with van der Waals surface area (Å²) >= 11 is 0. The molecule has 0 radical (unpaired) electrons. The van der Waals surface area contributed by atoms with E-state index in [-0.39, 0.29) is 23.8 Å². The van der Waals surface area contributed by atoms with E-state index in [0.717, 1.165) is 10.5 Å². The minimum Gasteiger partial charge on any atom is -0.272 e. The molecule has 1 rings (SSSR count). The van der Waals surface area contributed by atoms with Gasteiger partial charge in [0, 0.05) is 26.3 Å². The lowest BCUT2D eigenvalue weighted by Crippen LogP contribution is -2.36. The zero-order valence-electron chi connectivity index (χ0n) is 10.9. The van der Waals surface area contributed by atoms with E-state index in [1.54, 1.807) is 13.8 Å². The summed E-state index contributed by atoms with van der Waals surface area (Å²) in [6, 6.07) is 0. The van der Waals surface area contributed by atoms with Gasteiger partial charge in [-0.25, -0.2) is 13.6 Å². The zero-order valence-corrected chi connectivity index (χ0v) is 12.5. The average molecular weight is 311 g/mol. The van der Waals surface area contributed by atoms with Crippen molar-refractivity contribution in [1.29, 1.82) is 0 Å². The first kappa shape index (κ1) is 15.9. The Bertz CT molecular complexity index is 645. The number of nitrogens with zero attached hydrogens (tertiary/aromatic N) is 3. The van der Waals surface area contributed by atoms with Crippen LogP contribution in [0.15, 0.2) is 11.1 Å². The minimum absolute atomic E-state index is 0.253. The Morgan fingerprint density at radius 2 is 1.84 bits per heavy atom. The maximum absolute atomic E-state index is 12.0. The molecule has 19 heavy (non-hydrogen) atoms. The van der Waals surface area contributed by atoms with Gasteiger partial charge in [0.05, 0.1) is 0 Å². The molecule has 1 aromatic heterocycles. The molecule has 3 N–H and O–H groups in total. The Hall–Kier alpha value is -1.17. The lowest BCUT2D eigenvalue weighted by atomic mass is 10.7. The summed E-state index contributed by atoms with van der Waals surface area (Å²) in [7, 11) is -6.45. The summed E-state index contributed by atoms with van der Waals surface area (Å²) in [6.45, 7) is 3.84. The number of hydrogen-bond acceptors (Lipinski definition) is 5. The molecule has 9 nitrogen and oxygen atoms in total. The zero-order chi connectivity index (χ0) is 14.8. The SMILES string of the molecule is CCN(CC)S(=O)(=O)Nc1nn(C)cc1S(N)(=O)=O. The fourth-order valence-corrected chi connectivity index (χ4v) is 3.43. The monoisotopic (exact) mass is 311 g/mol. The normalized spacial score (nSPS) is 12.9. The maximum atomic E-state index is 12.0. The van der Waals surface area contributed by atoms with Gasteiger partial charge in [0.15, 0.2) is 5.82 Å². The van der Waals surface area contributed by atoms with Gasteiger partial charge in [-0.2, -0.15) is 17.8 Å². The number of anilines is 1. The summed E-state index contributed by atoms with van der Waals surface area (Å²) in [4.78, 5) is -0.370. The molecule has 0 aliphatic carbocycles. The molecule has 0 atom stereocenters. The van der Waals surface area contributed by atoms with Crippen LogP contribution < -0.4 is 9.86 Å². The molecule has 11 heteroatoms. The van der Waals surface area contributed by atoms with Gasteiger partial charge < -0.3 is 0 Å². The van der Waals surface area contributed by atoms with Crippen LogP contribution in [0.1, 0.15) is 13.8 Å². The molecule has 0 unspecified atom stereocenters. The van der Waals surface area contributed by atoms with Crippen LogP contribution in [0.25, 0.3) is 0 Å². The highest BCUT2D eigenvalue weighted by Gasteiger charge is 2.25. The van der Waals surface area contributed by atoms with Crippen LogP contribution in [0.3, 0.4) is 0 Å². The van der Waals surface area contributed by atoms with Gasteiger partial charge in [-0.1, -0.05) is 13.8 Å². The topological polar surface area (TPSA) is 127 Å². The molecule has 0 spiro atoms. The number of nitrogens with one attached hydrogen (secondary N) is 1. The van der Waals surface area contributed by atoms with Crippen LogP contribution in [0.4, 0.5) is 5.82 Å². The highest BCUT2D eigenvalue weighted by atomic mass is 32.2. The molecule has 0 bridgehead atoms. The standard InChI is InChI=1S/C8H17N5O4S2/c1-4-13(5-2)19(16,17)11-8-7(18(9,14)15)6-12(3)10-8/h6H,4-5H2,1-3H3,(H,10,11)(H2,9,14,15). The number of nitrogens with two attached hydrogens (primary N) is 1. The molecule has 1 aromatic rings. The molecular formula is C8H17N5O4S2. The van der Waals surface area contributed by atoms with Crippen LogP contribution in [0.5, 0.6) is 0 Å². The largest absolute Gasteiger partial charge is 0.302 e. The van der Waals surface area contributed by atoms with E-state index in [9.17, 15) is 16.8 Å². The summed E-state index contributed by atoms with van der Waals surface area (Å²) in [5.41, 5.74) is 0. The number of hydrogen-bond donors (Lipinski definition) is 2. The van der Waals surface area contributed by atoms with Crippen molar-refractivity contribution in [3.8, 4) is 0 Å². The first-order valence-electron chi connectivity index (χ1n) is 5.46. The molecule has 0 aliphatic rings. The Kier molecular flexibility index (Phi) is 4.55. The van der Waals surface area contributed by atoms with Crippen molar-refractivity contribution in [1.82, 2.24) is 14.1 Å². The van der Waals surface area contributed by atoms with Gasteiger partial charge in [-0.3, -0.25) is 9.40 Å². The summed E-state index contributed by atoms with van der Waals surface area (Å²) < 4.78 is 51.1. The number of aromatic nitrogens is 2. The number of sulfonamides is 1. The van der Waals surface area contributed by atoms with Crippen molar-refractivity contribution in [2.24, 2.45) is 12.2 Å². The lowest BCUT2D eigenvalue weighted by Gasteiger charge is -2.18. The van der Waals surface area contributed by atoms with Crippen molar-refractivity contribution in [3.63, 3.8) is 0 Å². The van der Waals surface area contributed by atoms with Gasteiger partial charge >= 0.3 is 10.2 Å². The Labute approximate surface area is 112 Å². The van der Waals surface area contributed by atoms with Crippen molar-refractivity contribution in [2.45, 2.75) is 18.7 Å². The molecule has 1 heterocycles. The van der Waals surface area contributed by atoms with Crippen LogP contribution in [0, 0.1) is 0 Å². The van der Waals surface area contributed by atoms with Crippen molar-refractivity contribution in [2.75, 3.05) is 17.8 Å². The molecule has 0 fully saturated rings. The van der Waals surface area contributed by atoms with E-state index < -0.39 is 20.2 Å². The second kappa shape index (κ2) is 5.45. The molecular weight excluding hydrogens is 294 g/mol. The predicted octanol–water partition coefficient (Wildman–Crippen LogP) is -0.934. The Morgan fingerprint density at radius 1 is 1.32 bits per heavy atom. The third-order valence-corrected chi connectivity index (χ3v) is 4.93. The Balaban J connectivity index is 3.21. The summed E-state index contributed by atoms with van der Waals surface area (Å²) in [5, 5.41) is 8.76. The number of primary sulfonamides is 1. The van der Waals surface area contributed by atoms with Crippen molar-refractivity contribution >= 4 is 26.1 Å². The highest BCUT2D eigenvalue weighted by Crippen LogP contribution is 2.19. The second-order valence-corrected chi connectivity index (χ2v) is 6.95. The van der Waals surface area contributed by atoms with E-state index in [1.807, 2.05) is 0 Å². The fourth-order valence-electron chi connectivity index (χ4n) is 1.50. The molecule has 0 aromatic carbocycles. The van der Waals surface area contributed by atoms with Crippen LogP contribution >= 0.6 is 0 Å². The van der Waals surface area contributed by atoms with E-state index in [1.165, 1.54) is 11.7 Å². The molecule has 0 amide bonds. The quantitative estimate of drug-likeness (QED) is 0.701. The second-order valence-electron chi connectivity index (χ2n) is 3.75. The van der Waals surface area contributed by atoms with E-state index in [4.69, 9.17) is 5.14 Å². The molecule has 0 aliphatic heterocycles. The predicted molar refractivity (Wildman–Crippen MR) is 70.0 cm³/mol. The van der Waals surface area contributed by atoms with Gasteiger partial charge in [0.2, 0.25) is 10.0 Å². The van der Waals surface area contributed by atoms with Crippen LogP contribution in [0.2, 0.25) is 0 Å². The average Bonchev–Trinajstić information content (AvgIpc) is 2.59. The van der Waals surface area contributed by atoms with Gasteiger partial charge in [0.1, 0.15) is 4.90 Å². The van der Waals surface area contributed by atoms with E-state index in [2.05, 4.69) is 9.82 Å². The maximum Gasteiger partial charge on any atom is 0.302 e. The molecule has 110 valence electrons. The van der Waals surface area contributed by atoms with E-state index >= 15 is 0 Å². The van der Waals surface area contributed by atoms with Gasteiger partial charge in [0.25, 0.3) is 0 Å². The molecule has 0 saturated carbocycles. The molecule has 0 saturated heterocycles. The fraction of sp³-hybridized carbons (Fsp3) is 0.625. The van der Waals surface area contributed by atoms with Crippen LogP contribution in [-0.2, 0) is 27.3 Å². The summed E-state index contributed by atoms with van der Waals surface area (Å²) in [6.07, 6.45) is 1.13. The van der Waals surface area contributed by atoms with E-state index in [0.29, 0.717) is 0 Å². The van der Waals surface area contributed by atoms with Crippen molar-refractivity contribution in [3.05, 3.63) is 6.20 Å². The first-order chi connectivity index (χ1) is 8.61. The lowest BCUT2D eigenvalue weighted by molar-refractivity contribution is 0.449. The van der Waals surface area contributed by atoms with Crippen molar-refractivity contribution < 1.29 is 16.8 Å². The minimum atomic E-state index is -4.05. The third kappa shape index (κ3) is 3.65. The summed E-state index contributed by atoms with van der Waals surface area (Å²) in [5.74, 6) is -0.308. The highest BCUT2D eigenvalue weighted by molar-refractivity contribution is 7.91. The first-order valence-corrected chi connectivity index (χ1v) is 8.44. The smallest absolute Gasteiger partial charge is 0.272 e.